The third kappa shape index (κ3) is 4.61. The molecule has 172 valence electrons. The van der Waals surface area contributed by atoms with E-state index in [1.54, 1.807) is 42.5 Å². The van der Waals surface area contributed by atoms with Gasteiger partial charge in [-0.3, -0.25) is 9.35 Å². The predicted molar refractivity (Wildman–Crippen MR) is 125 cm³/mol. The minimum atomic E-state index is -4.53. The van der Waals surface area contributed by atoms with Crippen LogP contribution in [0.1, 0.15) is 38.1 Å². The van der Waals surface area contributed by atoms with Gasteiger partial charge in [-0.2, -0.15) is 13.7 Å². The van der Waals surface area contributed by atoms with Gasteiger partial charge in [0, 0.05) is 12.6 Å². The van der Waals surface area contributed by atoms with Gasteiger partial charge in [0.2, 0.25) is 5.91 Å². The van der Waals surface area contributed by atoms with Crippen LogP contribution in [0.25, 0.3) is 11.0 Å². The summed E-state index contributed by atoms with van der Waals surface area (Å²) in [7, 11) is -2.71. The lowest BCUT2D eigenvalue weighted by Crippen LogP contribution is -2.15. The Morgan fingerprint density at radius 2 is 1.76 bits per heavy atom. The molecule has 0 fully saturated rings. The van der Waals surface area contributed by atoms with Crippen LogP contribution in [-0.2, 0) is 23.8 Å². The molecule has 10 heteroatoms. The number of nitriles is 1. The molecule has 4 rings (SSSR count). The van der Waals surface area contributed by atoms with Crippen LogP contribution in [0.15, 0.2) is 66.7 Å². The van der Waals surface area contributed by atoms with Crippen molar-refractivity contribution in [2.75, 3.05) is 0 Å². The number of imidazole rings is 1. The third-order valence-corrected chi connectivity index (χ3v) is 6.59. The van der Waals surface area contributed by atoms with Gasteiger partial charge in [-0.15, -0.1) is 0 Å². The summed E-state index contributed by atoms with van der Waals surface area (Å²) in [6.07, 6.45) is 0. The fourth-order valence-electron chi connectivity index (χ4n) is 3.69. The number of ether oxygens (including phenoxy) is 1. The maximum Gasteiger partial charge on any atom is 0.276 e. The van der Waals surface area contributed by atoms with E-state index in [4.69, 9.17) is 15.7 Å². The summed E-state index contributed by atoms with van der Waals surface area (Å²) in [5.74, 6) is 0.545. The number of nitrogens with zero attached hydrogens (tertiary/aromatic N) is 3. The summed E-state index contributed by atoms with van der Waals surface area (Å²) in [6, 6.07) is 19.4. The first-order valence-corrected chi connectivity index (χ1v) is 11.6. The normalized spacial score (nSPS) is 12.3. The molecule has 0 aliphatic heterocycles. The Morgan fingerprint density at radius 1 is 1.12 bits per heavy atom. The number of fused-ring (bicyclic) bond motifs is 1. The number of rotatable bonds is 7. The summed E-state index contributed by atoms with van der Waals surface area (Å²) in [6.45, 7) is 0.155. The van der Waals surface area contributed by atoms with Gasteiger partial charge < -0.3 is 15.0 Å². The minimum Gasteiger partial charge on any atom is -0.486 e. The summed E-state index contributed by atoms with van der Waals surface area (Å²) in [5.41, 5.74) is 7.89. The summed E-state index contributed by atoms with van der Waals surface area (Å²) in [4.78, 5) is 15.9. The van der Waals surface area contributed by atoms with Crippen molar-refractivity contribution < 1.29 is 22.5 Å². The molecule has 0 spiro atoms. The SMILES string of the molecule is Cn1c(COc2ccc(C#N)cc2)nc2cc(C(c3ccc(C(N)=O)cc3)S(=O)(=O)O)ccc21. The minimum absolute atomic E-state index is 0.155. The number of nitrogens with two attached hydrogens (primary N) is 1. The molecule has 1 unspecified atom stereocenters. The Balaban J connectivity index is 1.66. The van der Waals surface area contributed by atoms with Crippen LogP contribution in [-0.4, -0.2) is 28.4 Å². The average Bonchev–Trinajstić information content (AvgIpc) is 3.12. The van der Waals surface area contributed by atoms with Gasteiger partial charge in [0.05, 0.1) is 22.7 Å². The number of carbonyl (C=O) groups excluding carboxylic acids is 1. The van der Waals surface area contributed by atoms with E-state index in [-0.39, 0.29) is 17.7 Å². The Labute approximate surface area is 195 Å². The van der Waals surface area contributed by atoms with Gasteiger partial charge in [0.15, 0.2) is 0 Å². The molecule has 1 heterocycles. The number of benzene rings is 3. The van der Waals surface area contributed by atoms with Crippen molar-refractivity contribution in [3.8, 4) is 11.8 Å². The Kier molecular flexibility index (Phi) is 6.06. The van der Waals surface area contributed by atoms with Gasteiger partial charge in [-0.25, -0.2) is 4.98 Å². The lowest BCUT2D eigenvalue weighted by molar-refractivity contribution is 0.1000. The van der Waals surface area contributed by atoms with Crippen molar-refractivity contribution >= 4 is 27.1 Å². The number of hydrogen-bond acceptors (Lipinski definition) is 6. The molecule has 1 aromatic heterocycles. The van der Waals surface area contributed by atoms with Crippen LogP contribution in [0, 0.1) is 11.3 Å². The summed E-state index contributed by atoms with van der Waals surface area (Å²) in [5, 5.41) is 7.53. The van der Waals surface area contributed by atoms with E-state index in [0.29, 0.717) is 28.2 Å². The smallest absolute Gasteiger partial charge is 0.276 e. The molecule has 4 aromatic rings. The van der Waals surface area contributed by atoms with Gasteiger partial charge >= 0.3 is 0 Å². The van der Waals surface area contributed by atoms with E-state index in [2.05, 4.69) is 4.98 Å². The van der Waals surface area contributed by atoms with Crippen molar-refractivity contribution in [2.45, 2.75) is 11.9 Å². The molecule has 0 bridgehead atoms. The molecule has 0 saturated heterocycles. The standard InChI is InChI=1S/C24H20N4O5S/c1-28-21-11-8-18(23(34(30,31)32)16-4-6-17(7-5-16)24(26)29)12-20(21)27-22(28)14-33-19-9-2-15(13-25)3-10-19/h2-12,23H,14H2,1H3,(H2,26,29)(H,30,31,32). The maximum absolute atomic E-state index is 12.3. The molecular formula is C24H20N4O5S. The highest BCUT2D eigenvalue weighted by Gasteiger charge is 2.28. The number of hydrogen-bond donors (Lipinski definition) is 2. The number of carbonyl (C=O) groups is 1. The molecule has 34 heavy (non-hydrogen) atoms. The van der Waals surface area contributed by atoms with Crippen LogP contribution in [0.5, 0.6) is 5.75 Å². The van der Waals surface area contributed by atoms with E-state index in [1.807, 2.05) is 17.7 Å². The van der Waals surface area contributed by atoms with Crippen LogP contribution >= 0.6 is 0 Å². The number of aromatic nitrogens is 2. The molecule has 0 aliphatic carbocycles. The van der Waals surface area contributed by atoms with Gasteiger partial charge in [0.25, 0.3) is 10.1 Å². The second-order valence-corrected chi connectivity index (χ2v) is 9.14. The second-order valence-electron chi connectivity index (χ2n) is 7.64. The molecule has 1 amide bonds. The highest BCUT2D eigenvalue weighted by molar-refractivity contribution is 7.86. The Hall–Kier alpha value is -4.20. The van der Waals surface area contributed by atoms with E-state index >= 15 is 0 Å². The van der Waals surface area contributed by atoms with Gasteiger partial charge in [0.1, 0.15) is 23.4 Å². The van der Waals surface area contributed by atoms with Crippen molar-refractivity contribution in [1.29, 1.82) is 5.26 Å². The van der Waals surface area contributed by atoms with Crippen LogP contribution in [0.2, 0.25) is 0 Å². The molecule has 3 aromatic carbocycles. The molecule has 0 radical (unpaired) electrons. The van der Waals surface area contributed by atoms with Gasteiger partial charge in [-0.05, 0) is 59.7 Å². The summed E-state index contributed by atoms with van der Waals surface area (Å²) >= 11 is 0. The molecule has 9 nitrogen and oxygen atoms in total. The predicted octanol–water partition coefficient (Wildman–Crippen LogP) is 3.10. The molecule has 0 saturated carbocycles. The van der Waals surface area contributed by atoms with E-state index < -0.39 is 21.3 Å². The zero-order valence-corrected chi connectivity index (χ0v) is 18.9. The lowest BCUT2D eigenvalue weighted by atomic mass is 10.0. The third-order valence-electron chi connectivity index (χ3n) is 5.45. The van der Waals surface area contributed by atoms with Crippen molar-refractivity contribution in [2.24, 2.45) is 12.8 Å². The van der Waals surface area contributed by atoms with Gasteiger partial charge in [-0.1, -0.05) is 18.2 Å². The monoisotopic (exact) mass is 476 g/mol. The van der Waals surface area contributed by atoms with E-state index in [1.165, 1.54) is 24.3 Å². The fraction of sp³-hybridized carbons (Fsp3) is 0.125. The molecule has 0 aliphatic rings. The lowest BCUT2D eigenvalue weighted by Gasteiger charge is -2.15. The highest BCUT2D eigenvalue weighted by Crippen LogP contribution is 2.32. The van der Waals surface area contributed by atoms with Crippen LogP contribution in [0.3, 0.4) is 0 Å². The molecule has 1 atom stereocenters. The zero-order chi connectivity index (χ0) is 24.5. The highest BCUT2D eigenvalue weighted by atomic mass is 32.2. The van der Waals surface area contributed by atoms with Crippen molar-refractivity contribution in [3.05, 3.63) is 94.8 Å². The van der Waals surface area contributed by atoms with E-state index in [0.717, 1.165) is 5.52 Å². The molecule has 3 N–H and O–H groups in total. The maximum atomic E-state index is 12.3. The fourth-order valence-corrected chi connectivity index (χ4v) is 4.68. The topological polar surface area (TPSA) is 148 Å². The van der Waals surface area contributed by atoms with Crippen molar-refractivity contribution in [1.82, 2.24) is 9.55 Å². The van der Waals surface area contributed by atoms with Crippen molar-refractivity contribution in [3.63, 3.8) is 0 Å². The number of primary amides is 1. The van der Waals surface area contributed by atoms with Crippen LogP contribution in [0.4, 0.5) is 0 Å². The van der Waals surface area contributed by atoms with E-state index in [9.17, 15) is 17.8 Å². The largest absolute Gasteiger partial charge is 0.486 e. The molecular weight excluding hydrogens is 456 g/mol. The zero-order valence-electron chi connectivity index (χ0n) is 18.0. The average molecular weight is 477 g/mol. The van der Waals surface area contributed by atoms with Crippen LogP contribution < -0.4 is 10.5 Å². The first kappa shape index (κ1) is 23.0. The second kappa shape index (κ2) is 8.97. The first-order chi connectivity index (χ1) is 16.2. The Morgan fingerprint density at radius 3 is 2.35 bits per heavy atom. The number of amides is 1. The Bertz CT molecular complexity index is 1520. The summed E-state index contributed by atoms with van der Waals surface area (Å²) < 4.78 is 42.1. The first-order valence-electron chi connectivity index (χ1n) is 10.1. The number of aryl methyl sites for hydroxylation is 1. The quantitative estimate of drug-likeness (QED) is 0.389.